The molecule has 0 bridgehead atoms. The normalized spacial score (nSPS) is 17.0. The van der Waals surface area contributed by atoms with Crippen LogP contribution in [0.4, 0.5) is 0 Å². The Balaban J connectivity index is 2.16. The van der Waals surface area contributed by atoms with E-state index in [2.05, 4.69) is 4.90 Å². The van der Waals surface area contributed by atoms with E-state index in [1.807, 2.05) is 6.07 Å². The highest BCUT2D eigenvalue weighted by Crippen LogP contribution is 2.14. The van der Waals surface area contributed by atoms with Crippen LogP contribution in [0.1, 0.15) is 12.0 Å². The first-order valence-electron chi connectivity index (χ1n) is 6.54. The minimum absolute atomic E-state index is 0.533. The van der Waals surface area contributed by atoms with Crippen molar-refractivity contribution in [1.82, 2.24) is 4.90 Å². The third-order valence-corrected chi connectivity index (χ3v) is 3.34. The molecule has 0 atom stereocenters. The van der Waals surface area contributed by atoms with Gasteiger partial charge in [-0.15, -0.1) is 0 Å². The van der Waals surface area contributed by atoms with Crippen molar-refractivity contribution in [2.45, 2.75) is 13.0 Å². The first-order valence-corrected chi connectivity index (χ1v) is 6.54. The molecule has 1 fully saturated rings. The first-order chi connectivity index (χ1) is 9.20. The quantitative estimate of drug-likeness (QED) is 0.725. The second kappa shape index (κ2) is 6.91. The summed E-state index contributed by atoms with van der Waals surface area (Å²) in [6.07, 6.45) is 1.00. The number of nitrogens with zero attached hydrogens (tertiary/aromatic N) is 1. The predicted molar refractivity (Wildman–Crippen MR) is 73.5 cm³/mol. The summed E-state index contributed by atoms with van der Waals surface area (Å²) in [7, 11) is 0.151. The van der Waals surface area contributed by atoms with E-state index in [4.69, 9.17) is 9.47 Å². The SMILES string of the molecule is COc1ccc(B(O)O)c(CN2CCCOCC2)c1. The zero-order valence-electron chi connectivity index (χ0n) is 11.2. The fourth-order valence-electron chi connectivity index (χ4n) is 2.29. The molecule has 104 valence electrons. The molecule has 1 aliphatic heterocycles. The summed E-state index contributed by atoms with van der Waals surface area (Å²) in [6.45, 7) is 4.01. The zero-order valence-corrected chi connectivity index (χ0v) is 11.2. The van der Waals surface area contributed by atoms with Gasteiger partial charge in [0.2, 0.25) is 0 Å². The van der Waals surface area contributed by atoms with Crippen molar-refractivity contribution in [3.8, 4) is 5.75 Å². The van der Waals surface area contributed by atoms with Crippen LogP contribution >= 0.6 is 0 Å². The van der Waals surface area contributed by atoms with E-state index < -0.39 is 7.12 Å². The van der Waals surface area contributed by atoms with Crippen molar-refractivity contribution < 1.29 is 19.5 Å². The largest absolute Gasteiger partial charge is 0.497 e. The second-order valence-electron chi connectivity index (χ2n) is 4.68. The minimum atomic E-state index is -1.45. The molecule has 0 saturated carbocycles. The van der Waals surface area contributed by atoms with E-state index in [1.165, 1.54) is 0 Å². The maximum Gasteiger partial charge on any atom is 0.488 e. The minimum Gasteiger partial charge on any atom is -0.497 e. The van der Waals surface area contributed by atoms with Crippen LogP contribution in [0, 0.1) is 0 Å². The highest BCUT2D eigenvalue weighted by molar-refractivity contribution is 6.59. The van der Waals surface area contributed by atoms with Crippen molar-refractivity contribution in [2.24, 2.45) is 0 Å². The van der Waals surface area contributed by atoms with Gasteiger partial charge in [-0.3, -0.25) is 4.90 Å². The predicted octanol–water partition coefficient (Wildman–Crippen LogP) is -0.403. The molecule has 6 heteroatoms. The summed E-state index contributed by atoms with van der Waals surface area (Å²) >= 11 is 0. The van der Waals surface area contributed by atoms with E-state index in [1.54, 1.807) is 19.2 Å². The number of hydrogen-bond donors (Lipinski definition) is 2. The zero-order chi connectivity index (χ0) is 13.7. The molecule has 2 rings (SSSR count). The Morgan fingerprint density at radius 2 is 2.16 bits per heavy atom. The lowest BCUT2D eigenvalue weighted by Gasteiger charge is -2.21. The maximum atomic E-state index is 9.42. The van der Waals surface area contributed by atoms with Crippen LogP contribution in [0.15, 0.2) is 18.2 Å². The van der Waals surface area contributed by atoms with Crippen LogP contribution in [0.2, 0.25) is 0 Å². The lowest BCUT2D eigenvalue weighted by Crippen LogP contribution is -2.36. The van der Waals surface area contributed by atoms with Gasteiger partial charge >= 0.3 is 7.12 Å². The van der Waals surface area contributed by atoms with Gasteiger partial charge in [0.25, 0.3) is 0 Å². The van der Waals surface area contributed by atoms with Gasteiger partial charge in [-0.05, 0) is 29.6 Å². The molecule has 0 amide bonds. The van der Waals surface area contributed by atoms with Gasteiger partial charge in [-0.1, -0.05) is 6.07 Å². The molecular weight excluding hydrogens is 245 g/mol. The van der Waals surface area contributed by atoms with E-state index in [0.29, 0.717) is 12.0 Å². The first kappa shape index (κ1) is 14.3. The topological polar surface area (TPSA) is 62.2 Å². The lowest BCUT2D eigenvalue weighted by atomic mass is 9.77. The monoisotopic (exact) mass is 265 g/mol. The number of benzene rings is 1. The molecule has 1 aliphatic rings. The van der Waals surface area contributed by atoms with Gasteiger partial charge in [0.1, 0.15) is 5.75 Å². The van der Waals surface area contributed by atoms with Crippen molar-refractivity contribution >= 4 is 12.6 Å². The van der Waals surface area contributed by atoms with E-state index in [-0.39, 0.29) is 0 Å². The molecular formula is C13H20BNO4. The molecule has 1 heterocycles. The van der Waals surface area contributed by atoms with Gasteiger partial charge in [0.05, 0.1) is 13.7 Å². The highest BCUT2D eigenvalue weighted by Gasteiger charge is 2.19. The third kappa shape index (κ3) is 3.94. The summed E-state index contributed by atoms with van der Waals surface area (Å²) in [5.74, 6) is 0.727. The highest BCUT2D eigenvalue weighted by atomic mass is 16.5. The average Bonchev–Trinajstić information content (AvgIpc) is 2.67. The van der Waals surface area contributed by atoms with Crippen LogP contribution < -0.4 is 10.2 Å². The van der Waals surface area contributed by atoms with Gasteiger partial charge in [-0.2, -0.15) is 0 Å². The van der Waals surface area contributed by atoms with E-state index >= 15 is 0 Å². The van der Waals surface area contributed by atoms with Crippen molar-refractivity contribution in [2.75, 3.05) is 33.4 Å². The molecule has 1 aromatic rings. The Morgan fingerprint density at radius 3 is 2.89 bits per heavy atom. The summed E-state index contributed by atoms with van der Waals surface area (Å²) in [5.41, 5.74) is 1.42. The summed E-state index contributed by atoms with van der Waals surface area (Å²) in [6, 6.07) is 5.30. The molecule has 2 N–H and O–H groups in total. The van der Waals surface area contributed by atoms with Crippen LogP contribution in [0.25, 0.3) is 0 Å². The third-order valence-electron chi connectivity index (χ3n) is 3.34. The van der Waals surface area contributed by atoms with E-state index in [9.17, 15) is 10.0 Å². The standard InChI is InChI=1S/C13H20BNO4/c1-18-12-3-4-13(14(16)17)11(9-12)10-15-5-2-7-19-8-6-15/h3-4,9,16-17H,2,5-8,10H2,1H3. The molecule has 0 unspecified atom stereocenters. The van der Waals surface area contributed by atoms with Crippen molar-refractivity contribution in [3.05, 3.63) is 23.8 Å². The summed E-state index contributed by atoms with van der Waals surface area (Å²) in [5, 5.41) is 18.8. The van der Waals surface area contributed by atoms with E-state index in [0.717, 1.165) is 44.0 Å². The van der Waals surface area contributed by atoms with Crippen LogP contribution in [0.3, 0.4) is 0 Å². The van der Waals surface area contributed by atoms with Crippen LogP contribution in [0.5, 0.6) is 5.75 Å². The Hall–Kier alpha value is -1.08. The van der Waals surface area contributed by atoms with Crippen molar-refractivity contribution in [3.63, 3.8) is 0 Å². The molecule has 0 aromatic heterocycles. The fourth-order valence-corrected chi connectivity index (χ4v) is 2.29. The van der Waals surface area contributed by atoms with Crippen LogP contribution in [-0.2, 0) is 11.3 Å². The number of ether oxygens (including phenoxy) is 2. The second-order valence-corrected chi connectivity index (χ2v) is 4.68. The summed E-state index contributed by atoms with van der Waals surface area (Å²) in [4.78, 5) is 2.26. The molecule has 19 heavy (non-hydrogen) atoms. The van der Waals surface area contributed by atoms with Crippen LogP contribution in [-0.4, -0.2) is 55.5 Å². The Labute approximate surface area is 113 Å². The smallest absolute Gasteiger partial charge is 0.488 e. The maximum absolute atomic E-state index is 9.42. The molecule has 5 nitrogen and oxygen atoms in total. The number of hydrogen-bond acceptors (Lipinski definition) is 5. The molecule has 0 radical (unpaired) electrons. The Kier molecular flexibility index (Phi) is 5.21. The molecule has 0 aliphatic carbocycles. The molecule has 0 spiro atoms. The van der Waals surface area contributed by atoms with Crippen molar-refractivity contribution in [1.29, 1.82) is 0 Å². The Bertz CT molecular complexity index is 406. The van der Waals surface area contributed by atoms with Gasteiger partial charge < -0.3 is 19.5 Å². The number of rotatable bonds is 4. The van der Waals surface area contributed by atoms with Gasteiger partial charge in [0.15, 0.2) is 0 Å². The number of methoxy groups -OCH3 is 1. The Morgan fingerprint density at radius 1 is 1.32 bits per heavy atom. The lowest BCUT2D eigenvalue weighted by molar-refractivity contribution is 0.140. The molecule has 1 saturated heterocycles. The average molecular weight is 265 g/mol. The van der Waals surface area contributed by atoms with Gasteiger partial charge in [-0.25, -0.2) is 0 Å². The fraction of sp³-hybridized carbons (Fsp3) is 0.538. The molecule has 1 aromatic carbocycles. The summed E-state index contributed by atoms with van der Waals surface area (Å²) < 4.78 is 10.6. The van der Waals surface area contributed by atoms with Gasteiger partial charge in [0, 0.05) is 26.2 Å².